The molecule has 0 fully saturated rings. The van der Waals surface area contributed by atoms with Crippen molar-refractivity contribution in [2.75, 3.05) is 18.5 Å². The molecule has 9 nitrogen and oxygen atoms in total. The second kappa shape index (κ2) is 10.8. The molecule has 0 radical (unpaired) electrons. The Labute approximate surface area is 177 Å². The third-order valence-corrected chi connectivity index (χ3v) is 3.30. The molecule has 168 valence electrons. The van der Waals surface area contributed by atoms with Gasteiger partial charge in [-0.3, -0.25) is 9.59 Å². The summed E-state index contributed by atoms with van der Waals surface area (Å²) in [5, 5.41) is 5.23. The summed E-state index contributed by atoms with van der Waals surface area (Å²) in [4.78, 5) is 35.5. The number of ether oxygens (including phenoxy) is 3. The highest BCUT2D eigenvalue weighted by Crippen LogP contribution is 2.16. The smallest absolute Gasteiger partial charge is 0.407 e. The van der Waals surface area contributed by atoms with Crippen molar-refractivity contribution >= 4 is 23.7 Å². The monoisotopic (exact) mass is 423 g/mol. The molecular formula is C21H33N3O6. The molecule has 0 aliphatic rings. The lowest BCUT2D eigenvalue weighted by atomic mass is 10.1. The van der Waals surface area contributed by atoms with E-state index in [1.165, 1.54) is 0 Å². The number of carbonyl (C=O) groups is 3. The number of anilines is 1. The van der Waals surface area contributed by atoms with Gasteiger partial charge in [0.1, 0.15) is 23.6 Å². The highest BCUT2D eigenvalue weighted by molar-refractivity contribution is 5.96. The van der Waals surface area contributed by atoms with E-state index in [1.807, 2.05) is 0 Å². The summed E-state index contributed by atoms with van der Waals surface area (Å²) in [6, 6.07) is 5.61. The van der Waals surface area contributed by atoms with Crippen molar-refractivity contribution in [1.82, 2.24) is 5.32 Å². The molecule has 1 rings (SSSR count). The minimum absolute atomic E-state index is 0.213. The largest absolute Gasteiger partial charge is 0.492 e. The van der Waals surface area contributed by atoms with E-state index in [1.54, 1.807) is 65.8 Å². The molecule has 0 aliphatic heterocycles. The zero-order valence-electron chi connectivity index (χ0n) is 18.5. The second-order valence-corrected chi connectivity index (χ2v) is 8.69. The molecule has 0 saturated heterocycles. The number of rotatable bonds is 8. The molecule has 1 aromatic rings. The van der Waals surface area contributed by atoms with E-state index >= 15 is 0 Å². The standard InChI is InChI=1S/C21H33N3O6/c1-20(2,3)29-17(25)13-16(22)18(26)24-14-7-9-15(10-8-14)28-12-11-23-19(27)30-21(4,5)6/h7-10,16H,11-13,22H2,1-6H3,(H,23,27)(H,24,26)/t16-/m0/s1. The first-order chi connectivity index (χ1) is 13.7. The van der Waals surface area contributed by atoms with Gasteiger partial charge in [-0.2, -0.15) is 0 Å². The summed E-state index contributed by atoms with van der Waals surface area (Å²) >= 11 is 0. The first-order valence-electron chi connectivity index (χ1n) is 9.73. The molecule has 0 saturated carbocycles. The average Bonchev–Trinajstić information content (AvgIpc) is 2.56. The maximum Gasteiger partial charge on any atom is 0.407 e. The van der Waals surface area contributed by atoms with Gasteiger partial charge < -0.3 is 30.6 Å². The minimum Gasteiger partial charge on any atom is -0.492 e. The Balaban J connectivity index is 2.39. The number of benzene rings is 1. The first-order valence-corrected chi connectivity index (χ1v) is 9.73. The van der Waals surface area contributed by atoms with E-state index in [0.717, 1.165) is 0 Å². The van der Waals surface area contributed by atoms with Crippen LogP contribution in [0.15, 0.2) is 24.3 Å². The second-order valence-electron chi connectivity index (χ2n) is 8.69. The molecule has 30 heavy (non-hydrogen) atoms. The van der Waals surface area contributed by atoms with E-state index in [9.17, 15) is 14.4 Å². The lowest BCUT2D eigenvalue weighted by molar-refractivity contribution is -0.155. The molecule has 0 aliphatic carbocycles. The van der Waals surface area contributed by atoms with Gasteiger partial charge in [0.15, 0.2) is 0 Å². The number of nitrogens with one attached hydrogen (secondary N) is 2. The first kappa shape index (κ1) is 25.2. The summed E-state index contributed by atoms with van der Waals surface area (Å²) in [5.74, 6) is -0.456. The molecule has 1 aromatic carbocycles. The predicted molar refractivity (Wildman–Crippen MR) is 113 cm³/mol. The van der Waals surface area contributed by atoms with Crippen LogP contribution in [0.1, 0.15) is 48.0 Å². The van der Waals surface area contributed by atoms with E-state index in [4.69, 9.17) is 19.9 Å². The van der Waals surface area contributed by atoms with E-state index in [2.05, 4.69) is 10.6 Å². The summed E-state index contributed by atoms with van der Waals surface area (Å²) in [7, 11) is 0. The van der Waals surface area contributed by atoms with Crippen molar-refractivity contribution < 1.29 is 28.6 Å². The molecule has 4 N–H and O–H groups in total. The van der Waals surface area contributed by atoms with Gasteiger partial charge in [-0.25, -0.2) is 4.79 Å². The quantitative estimate of drug-likeness (QED) is 0.433. The van der Waals surface area contributed by atoms with Crippen LogP contribution in [0.25, 0.3) is 0 Å². The summed E-state index contributed by atoms with van der Waals surface area (Å²) < 4.78 is 15.8. The van der Waals surface area contributed by atoms with Crippen LogP contribution in [0.4, 0.5) is 10.5 Å². The highest BCUT2D eigenvalue weighted by atomic mass is 16.6. The van der Waals surface area contributed by atoms with Crippen LogP contribution in [0, 0.1) is 0 Å². The molecule has 0 bridgehead atoms. The van der Waals surface area contributed by atoms with Crippen LogP contribution < -0.4 is 21.1 Å². The fourth-order valence-corrected chi connectivity index (χ4v) is 2.16. The number of carbonyl (C=O) groups excluding carboxylic acids is 3. The Kier molecular flexibility index (Phi) is 9.10. The van der Waals surface area contributed by atoms with Crippen molar-refractivity contribution in [3.8, 4) is 5.75 Å². The molecule has 0 heterocycles. The van der Waals surface area contributed by atoms with Gasteiger partial charge in [-0.15, -0.1) is 0 Å². The molecule has 0 spiro atoms. The van der Waals surface area contributed by atoms with Gasteiger partial charge >= 0.3 is 12.1 Å². The summed E-state index contributed by atoms with van der Waals surface area (Å²) in [6.45, 7) is 11.1. The predicted octanol–water partition coefficient (Wildman–Crippen LogP) is 2.59. The number of esters is 1. The minimum atomic E-state index is -1.02. The van der Waals surface area contributed by atoms with Crippen molar-refractivity contribution in [3.05, 3.63) is 24.3 Å². The third-order valence-electron chi connectivity index (χ3n) is 3.30. The van der Waals surface area contributed by atoms with Gasteiger partial charge in [0.2, 0.25) is 5.91 Å². The van der Waals surface area contributed by atoms with Crippen LogP contribution >= 0.6 is 0 Å². The van der Waals surface area contributed by atoms with Gasteiger partial charge in [0, 0.05) is 5.69 Å². The molecule has 1 atom stereocenters. The van der Waals surface area contributed by atoms with E-state index in [-0.39, 0.29) is 19.6 Å². The van der Waals surface area contributed by atoms with Crippen molar-refractivity contribution in [3.63, 3.8) is 0 Å². The number of hydrogen-bond donors (Lipinski definition) is 3. The van der Waals surface area contributed by atoms with Crippen LogP contribution in [0.3, 0.4) is 0 Å². The molecule has 0 aromatic heterocycles. The Morgan fingerprint density at radius 2 is 1.53 bits per heavy atom. The topological polar surface area (TPSA) is 129 Å². The van der Waals surface area contributed by atoms with Crippen LogP contribution in [0.2, 0.25) is 0 Å². The fourth-order valence-electron chi connectivity index (χ4n) is 2.16. The lowest BCUT2D eigenvalue weighted by Crippen LogP contribution is -2.39. The Bertz CT molecular complexity index is 720. The van der Waals surface area contributed by atoms with Gasteiger partial charge in [0.05, 0.1) is 19.0 Å². The van der Waals surface area contributed by atoms with E-state index < -0.39 is 35.2 Å². The Morgan fingerprint density at radius 1 is 0.967 bits per heavy atom. The number of hydrogen-bond acceptors (Lipinski definition) is 7. The lowest BCUT2D eigenvalue weighted by Gasteiger charge is -2.20. The SMILES string of the molecule is CC(C)(C)OC(=O)C[C@H](N)C(=O)Nc1ccc(OCCNC(=O)OC(C)(C)C)cc1. The molecule has 9 heteroatoms. The van der Waals surface area contributed by atoms with Crippen LogP contribution in [0.5, 0.6) is 5.75 Å². The van der Waals surface area contributed by atoms with Gasteiger partial charge in [-0.1, -0.05) is 0 Å². The normalized spacial score (nSPS) is 12.5. The highest BCUT2D eigenvalue weighted by Gasteiger charge is 2.22. The Morgan fingerprint density at radius 3 is 2.07 bits per heavy atom. The fraction of sp³-hybridized carbons (Fsp3) is 0.571. The summed E-state index contributed by atoms with van der Waals surface area (Å²) in [5.41, 5.74) is 5.10. The summed E-state index contributed by atoms with van der Waals surface area (Å²) in [6.07, 6.45) is -0.721. The third kappa shape index (κ3) is 11.3. The van der Waals surface area contributed by atoms with Gasteiger partial charge in [-0.05, 0) is 65.8 Å². The van der Waals surface area contributed by atoms with Crippen molar-refractivity contribution in [2.45, 2.75) is 65.2 Å². The van der Waals surface area contributed by atoms with Crippen LogP contribution in [-0.2, 0) is 19.1 Å². The molecule has 0 unspecified atom stereocenters. The zero-order valence-corrected chi connectivity index (χ0v) is 18.5. The van der Waals surface area contributed by atoms with Crippen molar-refractivity contribution in [2.24, 2.45) is 5.73 Å². The van der Waals surface area contributed by atoms with E-state index in [0.29, 0.717) is 11.4 Å². The van der Waals surface area contributed by atoms with Gasteiger partial charge in [0.25, 0.3) is 0 Å². The Hall–Kier alpha value is -2.81. The van der Waals surface area contributed by atoms with Crippen LogP contribution in [-0.4, -0.2) is 48.4 Å². The average molecular weight is 424 g/mol. The molecule has 2 amide bonds. The van der Waals surface area contributed by atoms with Crippen molar-refractivity contribution in [1.29, 1.82) is 0 Å². The zero-order chi connectivity index (χ0) is 22.9. The number of amides is 2. The maximum absolute atomic E-state index is 12.1. The maximum atomic E-state index is 12.1. The number of alkyl carbamates (subject to hydrolysis) is 1. The number of nitrogens with two attached hydrogens (primary N) is 1. The molecular weight excluding hydrogens is 390 g/mol.